The molecule has 1 N–H and O–H groups in total. The monoisotopic (exact) mass is 246 g/mol. The topological polar surface area (TPSA) is 54.6 Å². The molecule has 0 unspecified atom stereocenters. The van der Waals surface area contributed by atoms with Crippen LogP contribution >= 0.6 is 0 Å². The SMILES string of the molecule is CCC(C)(C)c1nc2cccc(C)n2c1C(=O)O. The Morgan fingerprint density at radius 2 is 2.11 bits per heavy atom. The summed E-state index contributed by atoms with van der Waals surface area (Å²) >= 11 is 0. The molecule has 0 saturated carbocycles. The molecule has 2 aromatic rings. The van der Waals surface area contributed by atoms with Crippen molar-refractivity contribution < 1.29 is 9.90 Å². The van der Waals surface area contributed by atoms with Crippen LogP contribution in [0.5, 0.6) is 0 Å². The lowest BCUT2D eigenvalue weighted by molar-refractivity contribution is 0.0685. The molecule has 2 rings (SSSR count). The molecule has 0 aromatic carbocycles. The molecule has 0 amide bonds. The van der Waals surface area contributed by atoms with Crippen LogP contribution in [0.3, 0.4) is 0 Å². The van der Waals surface area contributed by atoms with E-state index in [1.165, 1.54) is 0 Å². The zero-order chi connectivity index (χ0) is 13.5. The minimum absolute atomic E-state index is 0.244. The second kappa shape index (κ2) is 4.12. The van der Waals surface area contributed by atoms with Crippen molar-refractivity contribution in [2.45, 2.75) is 39.5 Å². The van der Waals surface area contributed by atoms with Crippen LogP contribution in [0.2, 0.25) is 0 Å². The minimum atomic E-state index is -0.923. The first-order valence-electron chi connectivity index (χ1n) is 6.10. The smallest absolute Gasteiger partial charge is 0.354 e. The molecule has 2 heterocycles. The predicted octanol–water partition coefficient (Wildman–Crippen LogP) is 3.03. The molecule has 4 heteroatoms. The Balaban J connectivity index is 2.87. The van der Waals surface area contributed by atoms with E-state index in [9.17, 15) is 9.90 Å². The molecule has 0 aliphatic heterocycles. The van der Waals surface area contributed by atoms with E-state index in [-0.39, 0.29) is 11.1 Å². The van der Waals surface area contributed by atoms with Gasteiger partial charge in [-0.15, -0.1) is 0 Å². The maximum Gasteiger partial charge on any atom is 0.354 e. The fraction of sp³-hybridized carbons (Fsp3) is 0.429. The van der Waals surface area contributed by atoms with Gasteiger partial charge in [-0.05, 0) is 25.5 Å². The number of rotatable bonds is 3. The number of hydrogen-bond donors (Lipinski definition) is 1. The van der Waals surface area contributed by atoms with E-state index in [1.807, 2.05) is 45.9 Å². The highest BCUT2D eigenvalue weighted by atomic mass is 16.4. The van der Waals surface area contributed by atoms with Crippen LogP contribution < -0.4 is 0 Å². The molecule has 0 fully saturated rings. The lowest BCUT2D eigenvalue weighted by Crippen LogP contribution is -2.21. The number of carbonyl (C=O) groups is 1. The molecule has 0 aliphatic rings. The number of pyridine rings is 1. The van der Waals surface area contributed by atoms with Gasteiger partial charge in [-0.25, -0.2) is 9.78 Å². The van der Waals surface area contributed by atoms with Crippen LogP contribution in [0, 0.1) is 6.92 Å². The van der Waals surface area contributed by atoms with Crippen molar-refractivity contribution in [2.75, 3.05) is 0 Å². The fourth-order valence-electron chi connectivity index (χ4n) is 2.09. The second-order valence-corrected chi connectivity index (χ2v) is 5.21. The lowest BCUT2D eigenvalue weighted by Gasteiger charge is -2.20. The Kier molecular flexibility index (Phi) is 2.89. The van der Waals surface area contributed by atoms with Crippen LogP contribution in [0.15, 0.2) is 18.2 Å². The number of carboxylic acid groups (broad SMARTS) is 1. The van der Waals surface area contributed by atoms with Gasteiger partial charge in [0.2, 0.25) is 0 Å². The van der Waals surface area contributed by atoms with Gasteiger partial charge in [0.25, 0.3) is 0 Å². The Morgan fingerprint density at radius 3 is 2.67 bits per heavy atom. The Hall–Kier alpha value is -1.84. The van der Waals surface area contributed by atoms with Crippen LogP contribution in [-0.4, -0.2) is 20.5 Å². The maximum atomic E-state index is 11.6. The Labute approximate surface area is 106 Å². The molecule has 0 radical (unpaired) electrons. The van der Waals surface area contributed by atoms with Crippen molar-refractivity contribution in [3.63, 3.8) is 0 Å². The van der Waals surface area contributed by atoms with E-state index >= 15 is 0 Å². The van der Waals surface area contributed by atoms with E-state index in [0.717, 1.165) is 12.1 Å². The second-order valence-electron chi connectivity index (χ2n) is 5.21. The van der Waals surface area contributed by atoms with Crippen molar-refractivity contribution in [1.82, 2.24) is 9.38 Å². The molecule has 96 valence electrons. The summed E-state index contributed by atoms with van der Waals surface area (Å²) in [6, 6.07) is 5.63. The van der Waals surface area contributed by atoms with E-state index < -0.39 is 5.97 Å². The molecule has 4 nitrogen and oxygen atoms in total. The lowest BCUT2D eigenvalue weighted by atomic mass is 9.85. The van der Waals surface area contributed by atoms with E-state index in [2.05, 4.69) is 4.98 Å². The van der Waals surface area contributed by atoms with Crippen LogP contribution in [0.25, 0.3) is 5.65 Å². The van der Waals surface area contributed by atoms with Gasteiger partial charge < -0.3 is 5.11 Å². The Bertz CT molecular complexity index is 612. The van der Waals surface area contributed by atoms with Gasteiger partial charge in [0.15, 0.2) is 5.69 Å². The van der Waals surface area contributed by atoms with Gasteiger partial charge in [-0.3, -0.25) is 4.40 Å². The van der Waals surface area contributed by atoms with Crippen molar-refractivity contribution in [1.29, 1.82) is 0 Å². The molecule has 0 atom stereocenters. The minimum Gasteiger partial charge on any atom is -0.477 e. The number of aromatic nitrogens is 2. The highest BCUT2D eigenvalue weighted by Gasteiger charge is 2.30. The summed E-state index contributed by atoms with van der Waals surface area (Å²) in [5, 5.41) is 9.48. The summed E-state index contributed by atoms with van der Waals surface area (Å²) in [6.07, 6.45) is 0.843. The molecular formula is C14H18N2O2. The van der Waals surface area contributed by atoms with Gasteiger partial charge in [0, 0.05) is 11.1 Å². The van der Waals surface area contributed by atoms with Gasteiger partial charge in [-0.1, -0.05) is 26.8 Å². The molecule has 0 saturated heterocycles. The third-order valence-corrected chi connectivity index (χ3v) is 3.57. The highest BCUT2D eigenvalue weighted by molar-refractivity contribution is 5.89. The summed E-state index contributed by atoms with van der Waals surface area (Å²) in [5.74, 6) is -0.923. The van der Waals surface area contributed by atoms with Crippen molar-refractivity contribution in [2.24, 2.45) is 0 Å². The first-order valence-corrected chi connectivity index (χ1v) is 6.10. The van der Waals surface area contributed by atoms with Gasteiger partial charge in [0.05, 0.1) is 5.69 Å². The maximum absolute atomic E-state index is 11.6. The third-order valence-electron chi connectivity index (χ3n) is 3.57. The number of aryl methyl sites for hydroxylation is 1. The molecule has 0 spiro atoms. The highest BCUT2D eigenvalue weighted by Crippen LogP contribution is 2.30. The van der Waals surface area contributed by atoms with Crippen LogP contribution in [0.4, 0.5) is 0 Å². The van der Waals surface area contributed by atoms with E-state index in [1.54, 1.807) is 4.40 Å². The Morgan fingerprint density at radius 1 is 1.44 bits per heavy atom. The van der Waals surface area contributed by atoms with Crippen LogP contribution in [-0.2, 0) is 5.41 Å². The quantitative estimate of drug-likeness (QED) is 0.905. The molecule has 18 heavy (non-hydrogen) atoms. The number of hydrogen-bond acceptors (Lipinski definition) is 2. The normalized spacial score (nSPS) is 12.0. The number of aromatic carboxylic acids is 1. The largest absolute Gasteiger partial charge is 0.477 e. The molecule has 0 bridgehead atoms. The van der Waals surface area contributed by atoms with E-state index in [4.69, 9.17) is 0 Å². The first-order chi connectivity index (χ1) is 8.38. The summed E-state index contributed by atoms with van der Waals surface area (Å²) in [6.45, 7) is 7.99. The van der Waals surface area contributed by atoms with Crippen molar-refractivity contribution in [3.05, 3.63) is 35.3 Å². The van der Waals surface area contributed by atoms with Gasteiger partial charge in [0.1, 0.15) is 5.65 Å². The van der Waals surface area contributed by atoms with Gasteiger partial charge >= 0.3 is 5.97 Å². The fourth-order valence-corrected chi connectivity index (χ4v) is 2.09. The third kappa shape index (κ3) is 1.78. The molecule has 2 aromatic heterocycles. The average molecular weight is 246 g/mol. The standard InChI is InChI=1S/C14H18N2O2/c1-5-14(3,4)12-11(13(17)18)16-9(2)7-6-8-10(16)15-12/h6-8H,5H2,1-4H3,(H,17,18). The zero-order valence-electron chi connectivity index (χ0n) is 11.2. The number of imidazole rings is 1. The number of nitrogens with zero attached hydrogens (tertiary/aromatic N) is 2. The zero-order valence-corrected chi connectivity index (χ0v) is 11.2. The van der Waals surface area contributed by atoms with Crippen molar-refractivity contribution in [3.8, 4) is 0 Å². The summed E-state index contributed by atoms with van der Waals surface area (Å²) < 4.78 is 1.72. The summed E-state index contributed by atoms with van der Waals surface area (Å²) in [5.41, 5.74) is 2.29. The number of fused-ring (bicyclic) bond motifs is 1. The number of carboxylic acids is 1. The average Bonchev–Trinajstić information content (AvgIpc) is 2.70. The summed E-state index contributed by atoms with van der Waals surface area (Å²) in [7, 11) is 0. The predicted molar refractivity (Wildman–Crippen MR) is 70.2 cm³/mol. The van der Waals surface area contributed by atoms with Crippen molar-refractivity contribution >= 4 is 11.6 Å². The molecule has 0 aliphatic carbocycles. The first kappa shape index (κ1) is 12.6. The van der Waals surface area contributed by atoms with E-state index in [0.29, 0.717) is 11.3 Å². The van der Waals surface area contributed by atoms with Crippen LogP contribution in [0.1, 0.15) is 49.1 Å². The molecular weight excluding hydrogens is 228 g/mol. The summed E-state index contributed by atoms with van der Waals surface area (Å²) in [4.78, 5) is 16.1. The van der Waals surface area contributed by atoms with Gasteiger partial charge in [-0.2, -0.15) is 0 Å².